The van der Waals surface area contributed by atoms with Gasteiger partial charge in [0.05, 0.1) is 24.2 Å². The van der Waals surface area contributed by atoms with Crippen LogP contribution < -0.4 is 21.3 Å². The number of carbonyl (C=O) groups excluding carboxylic acids is 6. The van der Waals surface area contributed by atoms with Crippen molar-refractivity contribution in [1.82, 2.24) is 36.1 Å². The number of nitrogens with zero attached hydrogens (tertiary/aromatic N) is 3. The Kier molecular flexibility index (Phi) is 15.9. The van der Waals surface area contributed by atoms with Gasteiger partial charge in [-0.1, -0.05) is 65.3 Å². The Balaban J connectivity index is 1.59. The minimum atomic E-state index is -4.53. The highest BCUT2D eigenvalue weighted by Gasteiger charge is 2.52. The zero-order chi connectivity index (χ0) is 43.6. The van der Waals surface area contributed by atoms with Gasteiger partial charge in [0.25, 0.3) is 11.8 Å². The van der Waals surface area contributed by atoms with E-state index in [0.29, 0.717) is 13.0 Å². The van der Waals surface area contributed by atoms with Crippen molar-refractivity contribution in [2.24, 2.45) is 23.7 Å². The van der Waals surface area contributed by atoms with Gasteiger partial charge in [-0.15, -0.1) is 0 Å². The number of alkyl halides is 2. The summed E-state index contributed by atoms with van der Waals surface area (Å²) in [5.41, 5.74) is 1.98. The lowest BCUT2D eigenvalue weighted by molar-refractivity contribution is -0.169. The van der Waals surface area contributed by atoms with Crippen LogP contribution in [-0.4, -0.2) is 116 Å². The molecule has 5 amide bonds. The van der Waals surface area contributed by atoms with Crippen molar-refractivity contribution in [2.45, 2.75) is 110 Å². The van der Waals surface area contributed by atoms with Crippen LogP contribution in [0.4, 0.5) is 13.6 Å². The Hall–Kier alpha value is -5.59. The first-order valence-electron chi connectivity index (χ1n) is 19.6. The fraction of sp³-hybridized carbons (Fsp3) is 0.575. The van der Waals surface area contributed by atoms with Crippen LogP contribution in [0.5, 0.6) is 0 Å². The zero-order valence-corrected chi connectivity index (χ0v) is 33.7. The third-order valence-corrected chi connectivity index (χ3v) is 10.6. The van der Waals surface area contributed by atoms with Gasteiger partial charge in [0.15, 0.2) is 5.78 Å². The van der Waals surface area contributed by atoms with E-state index < -0.39 is 108 Å². The molecule has 0 bridgehead atoms. The average molecular weight is 830 g/mol. The fourth-order valence-corrected chi connectivity index (χ4v) is 7.34. The summed E-state index contributed by atoms with van der Waals surface area (Å²) in [6.07, 6.45) is -0.451. The molecule has 1 aromatic heterocycles. The minimum absolute atomic E-state index is 0.0401. The van der Waals surface area contributed by atoms with Gasteiger partial charge in [-0.3, -0.25) is 33.8 Å². The van der Waals surface area contributed by atoms with Gasteiger partial charge in [-0.25, -0.2) is 9.78 Å². The summed E-state index contributed by atoms with van der Waals surface area (Å²) in [7, 11) is 0. The smallest absolute Gasteiger partial charge is 0.410 e. The molecule has 1 fully saturated rings. The highest BCUT2D eigenvalue weighted by atomic mass is 19.3. The molecule has 1 saturated carbocycles. The SMILES string of the molecule is CCC[C@H](NC(=O)[C@@H]1C[C@@H](OC(=O)N2CCc3ccccc3C2)CC1C(=O)[C@@H](NC(=O)[C@@H](NC(=O)c1cnccn1)C(C)C)C(C)C)C(O)C(F)(F)C(=O)NCC(=O)O. The lowest BCUT2D eigenvalue weighted by Gasteiger charge is -2.32. The zero-order valence-electron chi connectivity index (χ0n) is 33.7. The van der Waals surface area contributed by atoms with E-state index >= 15 is 8.78 Å². The molecule has 2 unspecified atom stereocenters. The van der Waals surface area contributed by atoms with Gasteiger partial charge in [0, 0.05) is 31.4 Å². The summed E-state index contributed by atoms with van der Waals surface area (Å²) in [5.74, 6) is -14.7. The van der Waals surface area contributed by atoms with E-state index in [1.54, 1.807) is 34.6 Å². The number of amides is 5. The quantitative estimate of drug-likeness (QED) is 0.126. The maximum absolute atomic E-state index is 15.2. The fourth-order valence-electron chi connectivity index (χ4n) is 7.34. The molecule has 7 atom stereocenters. The summed E-state index contributed by atoms with van der Waals surface area (Å²) in [6.45, 7) is 7.76. The van der Waals surface area contributed by atoms with E-state index in [1.807, 2.05) is 24.3 Å². The van der Waals surface area contributed by atoms with E-state index in [-0.39, 0.29) is 37.9 Å². The molecule has 17 nitrogen and oxygen atoms in total. The topological polar surface area (TPSA) is 246 Å². The van der Waals surface area contributed by atoms with Crippen molar-refractivity contribution in [3.05, 3.63) is 59.7 Å². The number of nitrogens with one attached hydrogen (secondary N) is 4. The number of hydrogen-bond acceptors (Lipinski definition) is 11. The van der Waals surface area contributed by atoms with Gasteiger partial charge in [0.1, 0.15) is 30.5 Å². The van der Waals surface area contributed by atoms with Crippen LogP contribution >= 0.6 is 0 Å². The molecule has 1 aliphatic carbocycles. The number of benzene rings is 1. The predicted molar refractivity (Wildman–Crippen MR) is 205 cm³/mol. The standard InChI is InChI=1S/C40H53F2N7O10/c1-6-9-28(34(53)40(41,42)38(57)45-19-30(50)51)46-35(54)27-17-25(59-39(58)49-15-12-23-10-7-8-11-24(23)20-49)16-26(27)33(52)31(21(2)3)47-37(56)32(22(4)5)48-36(55)29-18-43-13-14-44-29/h7-8,10-11,13-14,18,21-22,25-28,31-32,34,53H,6,9,12,15-17,19-20H2,1-5H3,(H,45,57)(H,46,54)(H,47,56)(H,48,55)(H,50,51)/t25-,26?,27+,28-,31-,32-,34?/m0/s1. The third-order valence-electron chi connectivity index (χ3n) is 10.6. The molecular formula is C40H53F2N7O10. The normalized spacial score (nSPS) is 19.8. The number of halogens is 2. The second kappa shape index (κ2) is 20.4. The molecule has 6 N–H and O–H groups in total. The predicted octanol–water partition coefficient (Wildman–Crippen LogP) is 2.01. The Morgan fingerprint density at radius 2 is 1.59 bits per heavy atom. The van der Waals surface area contributed by atoms with Gasteiger partial charge in [-0.2, -0.15) is 8.78 Å². The number of ether oxygens (including phenoxy) is 1. The number of carboxylic acid groups (broad SMARTS) is 1. The number of aliphatic hydroxyl groups is 1. The van der Waals surface area contributed by atoms with Gasteiger partial charge >= 0.3 is 18.0 Å². The van der Waals surface area contributed by atoms with Crippen LogP contribution in [0.2, 0.25) is 0 Å². The van der Waals surface area contributed by atoms with Gasteiger partial charge < -0.3 is 41.1 Å². The highest BCUT2D eigenvalue weighted by molar-refractivity contribution is 5.99. The molecule has 4 rings (SSSR count). The Labute approximate surface area is 340 Å². The first kappa shape index (κ1) is 46.1. The van der Waals surface area contributed by atoms with E-state index in [1.165, 1.54) is 28.8 Å². The molecule has 2 aromatic rings. The number of aromatic nitrogens is 2. The number of aliphatic hydroxyl groups excluding tert-OH is 1. The number of carboxylic acids is 1. The summed E-state index contributed by atoms with van der Waals surface area (Å²) >= 11 is 0. The van der Waals surface area contributed by atoms with Crippen LogP contribution in [0.1, 0.15) is 81.9 Å². The monoisotopic (exact) mass is 829 g/mol. The highest BCUT2D eigenvalue weighted by Crippen LogP contribution is 2.37. The largest absolute Gasteiger partial charge is 0.480 e. The van der Waals surface area contributed by atoms with Crippen molar-refractivity contribution in [3.8, 4) is 0 Å². The van der Waals surface area contributed by atoms with Crippen molar-refractivity contribution in [2.75, 3.05) is 13.1 Å². The van der Waals surface area contributed by atoms with Gasteiger partial charge in [-0.05, 0) is 48.6 Å². The Bertz CT molecular complexity index is 1850. The Morgan fingerprint density at radius 1 is 0.932 bits per heavy atom. The van der Waals surface area contributed by atoms with Crippen LogP contribution in [0, 0.1) is 23.7 Å². The number of rotatable bonds is 18. The maximum atomic E-state index is 15.2. The summed E-state index contributed by atoms with van der Waals surface area (Å²) in [6, 6.07) is 3.53. The molecule has 0 saturated heterocycles. The summed E-state index contributed by atoms with van der Waals surface area (Å²) in [4.78, 5) is 101. The van der Waals surface area contributed by atoms with Crippen molar-refractivity contribution in [1.29, 1.82) is 0 Å². The second-order valence-corrected chi connectivity index (χ2v) is 15.6. The van der Waals surface area contributed by atoms with Crippen molar-refractivity contribution >= 4 is 41.5 Å². The molecule has 2 heterocycles. The number of hydrogen-bond donors (Lipinski definition) is 6. The number of Topliss-reactive ketones (excluding diaryl/α,β-unsaturated/α-hetero) is 1. The lowest BCUT2D eigenvalue weighted by Crippen LogP contribution is -2.59. The molecule has 0 radical (unpaired) electrons. The van der Waals surface area contributed by atoms with E-state index in [9.17, 15) is 38.7 Å². The maximum Gasteiger partial charge on any atom is 0.410 e. The molecule has 1 aromatic carbocycles. The minimum Gasteiger partial charge on any atom is -0.480 e. The summed E-state index contributed by atoms with van der Waals surface area (Å²) < 4.78 is 36.2. The van der Waals surface area contributed by atoms with E-state index in [4.69, 9.17) is 9.84 Å². The molecule has 2 aliphatic rings. The first-order chi connectivity index (χ1) is 27.8. The molecular weight excluding hydrogens is 776 g/mol. The number of fused-ring (bicyclic) bond motifs is 1. The van der Waals surface area contributed by atoms with Crippen molar-refractivity contribution < 1.29 is 57.3 Å². The third kappa shape index (κ3) is 11.8. The first-order valence-corrected chi connectivity index (χ1v) is 19.6. The van der Waals surface area contributed by atoms with Crippen LogP contribution in [-0.2, 0) is 41.7 Å². The lowest BCUT2D eigenvalue weighted by atomic mass is 9.83. The summed E-state index contributed by atoms with van der Waals surface area (Å²) in [5, 5.41) is 28.8. The average Bonchev–Trinajstić information content (AvgIpc) is 3.63. The van der Waals surface area contributed by atoms with Crippen LogP contribution in [0.15, 0.2) is 42.9 Å². The van der Waals surface area contributed by atoms with Crippen molar-refractivity contribution in [3.63, 3.8) is 0 Å². The van der Waals surface area contributed by atoms with Crippen LogP contribution in [0.25, 0.3) is 0 Å². The molecule has 0 spiro atoms. The Morgan fingerprint density at radius 3 is 2.20 bits per heavy atom. The van der Waals surface area contributed by atoms with E-state index in [0.717, 1.165) is 11.1 Å². The number of carbonyl (C=O) groups is 7. The van der Waals surface area contributed by atoms with Crippen LogP contribution in [0.3, 0.4) is 0 Å². The number of ketones is 1. The molecule has 59 heavy (non-hydrogen) atoms. The number of aliphatic carboxylic acids is 1. The van der Waals surface area contributed by atoms with Gasteiger partial charge in [0.2, 0.25) is 11.8 Å². The molecule has 1 aliphatic heterocycles. The van der Waals surface area contributed by atoms with E-state index in [2.05, 4.69) is 25.9 Å². The molecule has 19 heteroatoms. The molecule has 322 valence electrons. The second-order valence-electron chi connectivity index (χ2n) is 15.6.